The summed E-state index contributed by atoms with van der Waals surface area (Å²) in [5.41, 5.74) is 1.85. The molecule has 0 spiro atoms. The quantitative estimate of drug-likeness (QED) is 0.222. The molecule has 0 saturated carbocycles. The van der Waals surface area contributed by atoms with Gasteiger partial charge in [0.1, 0.15) is 5.82 Å². The molecule has 0 aliphatic carbocycles. The van der Waals surface area contributed by atoms with Crippen molar-refractivity contribution in [2.24, 2.45) is 5.92 Å². The number of likely N-dealkylation sites (tertiary alicyclic amines) is 1. The van der Waals surface area contributed by atoms with E-state index in [1.54, 1.807) is 12.1 Å². The summed E-state index contributed by atoms with van der Waals surface area (Å²) in [4.78, 5) is 37.3. The topological polar surface area (TPSA) is 78.5 Å². The molecule has 38 heavy (non-hydrogen) atoms. The minimum Gasteiger partial charge on any atom is -0.338 e. The van der Waals surface area contributed by atoms with E-state index in [2.05, 4.69) is 10.6 Å². The van der Waals surface area contributed by atoms with Crippen molar-refractivity contribution in [1.29, 1.82) is 0 Å². The Kier molecular flexibility index (Phi) is 10.0. The van der Waals surface area contributed by atoms with Crippen LogP contribution in [0.4, 0.5) is 28.0 Å². The summed E-state index contributed by atoms with van der Waals surface area (Å²) in [6.07, 6.45) is -1.45. The van der Waals surface area contributed by atoms with Crippen molar-refractivity contribution in [2.75, 3.05) is 25.0 Å². The number of nitrogens with zero attached hydrogens (tertiary/aromatic N) is 1. The maximum Gasteiger partial charge on any atom is 0.401 e. The number of benzene rings is 2. The molecule has 10 heteroatoms. The molecule has 0 unspecified atom stereocenters. The standard InChI is InChI=1S/C28H33F4N3O3/c1-18(36)22-14-23(19(2)37)16-25(15-22)34-27(38)33-10-3-4-26-13-21(9-11-35(26)17-28(30,31)32)12-20-5-7-24(29)8-6-20/h5-8,14-16,21,26H,3-4,9-13,17H2,1-2H3,(H2,33,34,38)/t21-,26-/m0/s1. The van der Waals surface area contributed by atoms with Crippen LogP contribution < -0.4 is 10.6 Å². The molecule has 2 aromatic rings. The van der Waals surface area contributed by atoms with Crippen molar-refractivity contribution in [3.05, 3.63) is 65.0 Å². The molecule has 3 rings (SSSR count). The highest BCUT2D eigenvalue weighted by Crippen LogP contribution is 2.31. The van der Waals surface area contributed by atoms with Gasteiger partial charge in [-0.05, 0) is 94.3 Å². The third-order valence-corrected chi connectivity index (χ3v) is 6.77. The van der Waals surface area contributed by atoms with E-state index in [1.807, 2.05) is 0 Å². The van der Waals surface area contributed by atoms with Crippen LogP contribution in [0.1, 0.15) is 65.8 Å². The number of halogens is 4. The van der Waals surface area contributed by atoms with Gasteiger partial charge in [0, 0.05) is 29.4 Å². The number of hydrogen-bond donors (Lipinski definition) is 2. The molecular formula is C28H33F4N3O3. The summed E-state index contributed by atoms with van der Waals surface area (Å²) in [5, 5.41) is 5.30. The number of rotatable bonds is 10. The zero-order valence-corrected chi connectivity index (χ0v) is 21.5. The molecule has 0 radical (unpaired) electrons. The Hall–Kier alpha value is -3.27. The van der Waals surface area contributed by atoms with Crippen LogP contribution in [-0.4, -0.2) is 54.3 Å². The third kappa shape index (κ3) is 9.24. The van der Waals surface area contributed by atoms with E-state index in [0.717, 1.165) is 5.56 Å². The number of carbonyl (C=O) groups excluding carboxylic acids is 3. The molecule has 2 aromatic carbocycles. The highest BCUT2D eigenvalue weighted by Gasteiger charge is 2.36. The van der Waals surface area contributed by atoms with Crippen LogP contribution in [0.15, 0.2) is 42.5 Å². The lowest BCUT2D eigenvalue weighted by atomic mass is 9.84. The monoisotopic (exact) mass is 535 g/mol. The van der Waals surface area contributed by atoms with E-state index in [1.165, 1.54) is 49.1 Å². The number of alkyl halides is 3. The highest BCUT2D eigenvalue weighted by molar-refractivity contribution is 6.02. The zero-order chi connectivity index (χ0) is 27.9. The molecule has 1 saturated heterocycles. The molecule has 1 aliphatic rings. The first-order valence-electron chi connectivity index (χ1n) is 12.7. The van der Waals surface area contributed by atoms with Crippen molar-refractivity contribution >= 4 is 23.3 Å². The largest absolute Gasteiger partial charge is 0.401 e. The van der Waals surface area contributed by atoms with Gasteiger partial charge in [-0.2, -0.15) is 13.2 Å². The zero-order valence-electron chi connectivity index (χ0n) is 21.5. The minimum atomic E-state index is -4.30. The Bertz CT molecular complexity index is 1100. The number of hydrogen-bond acceptors (Lipinski definition) is 4. The Labute approximate surface area is 219 Å². The number of Topliss-reactive ketones (excluding diaryl/α,β-unsaturated/α-hetero) is 2. The molecule has 1 aliphatic heterocycles. The van der Waals surface area contributed by atoms with E-state index >= 15 is 0 Å². The van der Waals surface area contributed by atoms with Gasteiger partial charge in [0.25, 0.3) is 0 Å². The molecule has 2 amide bonds. The first-order valence-corrected chi connectivity index (χ1v) is 12.7. The normalized spacial score (nSPS) is 18.2. The second-order valence-corrected chi connectivity index (χ2v) is 9.90. The molecule has 6 nitrogen and oxygen atoms in total. The highest BCUT2D eigenvalue weighted by atomic mass is 19.4. The number of ketones is 2. The maximum atomic E-state index is 13.2. The first kappa shape index (κ1) is 29.3. The van der Waals surface area contributed by atoms with Gasteiger partial charge in [-0.3, -0.25) is 14.5 Å². The number of nitrogens with one attached hydrogen (secondary N) is 2. The van der Waals surface area contributed by atoms with Crippen LogP contribution in [0.2, 0.25) is 0 Å². The van der Waals surface area contributed by atoms with Gasteiger partial charge in [0.15, 0.2) is 11.6 Å². The fraction of sp³-hybridized carbons (Fsp3) is 0.464. The second kappa shape index (κ2) is 13.0. The van der Waals surface area contributed by atoms with Crippen LogP contribution in [-0.2, 0) is 6.42 Å². The fourth-order valence-electron chi connectivity index (χ4n) is 4.88. The Morgan fingerprint density at radius 3 is 2.21 bits per heavy atom. The van der Waals surface area contributed by atoms with Crippen LogP contribution in [0.5, 0.6) is 0 Å². The van der Waals surface area contributed by atoms with Crippen LogP contribution >= 0.6 is 0 Å². The van der Waals surface area contributed by atoms with Gasteiger partial charge in [-0.15, -0.1) is 0 Å². The molecular weight excluding hydrogens is 502 g/mol. The van der Waals surface area contributed by atoms with Crippen molar-refractivity contribution < 1.29 is 31.9 Å². The maximum absolute atomic E-state index is 13.2. The average molecular weight is 536 g/mol. The summed E-state index contributed by atoms with van der Waals surface area (Å²) in [5.74, 6) is -0.625. The summed E-state index contributed by atoms with van der Waals surface area (Å²) < 4.78 is 52.7. The van der Waals surface area contributed by atoms with Gasteiger partial charge >= 0.3 is 12.2 Å². The number of carbonyl (C=O) groups is 3. The second-order valence-electron chi connectivity index (χ2n) is 9.90. The van der Waals surface area contributed by atoms with Crippen molar-refractivity contribution in [3.63, 3.8) is 0 Å². The van der Waals surface area contributed by atoms with E-state index in [4.69, 9.17) is 0 Å². The molecule has 1 heterocycles. The van der Waals surface area contributed by atoms with Crippen molar-refractivity contribution in [2.45, 2.75) is 58.2 Å². The first-order chi connectivity index (χ1) is 17.9. The van der Waals surface area contributed by atoms with E-state index < -0.39 is 18.8 Å². The van der Waals surface area contributed by atoms with Crippen LogP contribution in [0, 0.1) is 11.7 Å². The summed E-state index contributed by atoms with van der Waals surface area (Å²) in [7, 11) is 0. The summed E-state index contributed by atoms with van der Waals surface area (Å²) >= 11 is 0. The van der Waals surface area contributed by atoms with E-state index in [9.17, 15) is 31.9 Å². The Morgan fingerprint density at radius 2 is 1.63 bits per heavy atom. The molecule has 0 bridgehead atoms. The number of anilines is 1. The Balaban J connectivity index is 1.54. The van der Waals surface area contributed by atoms with Crippen LogP contribution in [0.25, 0.3) is 0 Å². The smallest absolute Gasteiger partial charge is 0.338 e. The molecule has 2 N–H and O–H groups in total. The summed E-state index contributed by atoms with van der Waals surface area (Å²) in [6, 6.07) is 9.80. The molecule has 206 valence electrons. The van der Waals surface area contributed by atoms with Gasteiger partial charge in [-0.1, -0.05) is 12.1 Å². The van der Waals surface area contributed by atoms with Crippen LogP contribution in [0.3, 0.4) is 0 Å². The molecule has 2 atom stereocenters. The van der Waals surface area contributed by atoms with Gasteiger partial charge in [0.2, 0.25) is 0 Å². The predicted octanol–water partition coefficient (Wildman–Crippen LogP) is 6.02. The van der Waals surface area contributed by atoms with Gasteiger partial charge in [-0.25, -0.2) is 9.18 Å². The predicted molar refractivity (Wildman–Crippen MR) is 137 cm³/mol. The van der Waals surface area contributed by atoms with Crippen molar-refractivity contribution in [1.82, 2.24) is 10.2 Å². The number of piperidine rings is 1. The number of amides is 2. The SMILES string of the molecule is CC(=O)c1cc(NC(=O)NCCC[C@H]2C[C@H](Cc3ccc(F)cc3)CCN2CC(F)(F)F)cc(C(C)=O)c1. The lowest BCUT2D eigenvalue weighted by Crippen LogP contribution is -2.47. The van der Waals surface area contributed by atoms with Crippen molar-refractivity contribution in [3.8, 4) is 0 Å². The molecule has 1 fully saturated rings. The van der Waals surface area contributed by atoms with Gasteiger partial charge in [0.05, 0.1) is 6.54 Å². The lowest BCUT2D eigenvalue weighted by Gasteiger charge is -2.40. The van der Waals surface area contributed by atoms with E-state index in [0.29, 0.717) is 55.5 Å². The lowest BCUT2D eigenvalue weighted by molar-refractivity contribution is -0.155. The summed E-state index contributed by atoms with van der Waals surface area (Å²) in [6.45, 7) is 2.33. The third-order valence-electron chi connectivity index (χ3n) is 6.77. The average Bonchev–Trinajstić information content (AvgIpc) is 2.83. The minimum absolute atomic E-state index is 0.190. The van der Waals surface area contributed by atoms with Gasteiger partial charge < -0.3 is 10.6 Å². The van der Waals surface area contributed by atoms with E-state index in [-0.39, 0.29) is 35.9 Å². The Morgan fingerprint density at radius 1 is 1.00 bits per heavy atom. The number of urea groups is 1. The fourth-order valence-corrected chi connectivity index (χ4v) is 4.88. The molecule has 0 aromatic heterocycles.